The molecule has 0 aliphatic heterocycles. The number of carbonyl (C=O) groups excluding carboxylic acids is 1. The lowest BCUT2D eigenvalue weighted by Gasteiger charge is -2.16. The normalized spacial score (nSPS) is 12.0. The lowest BCUT2D eigenvalue weighted by atomic mass is 10.0. The molecule has 0 radical (unpaired) electrons. The second kappa shape index (κ2) is 6.01. The third kappa shape index (κ3) is 3.16. The van der Waals surface area contributed by atoms with Crippen molar-refractivity contribution in [3.8, 4) is 0 Å². The van der Waals surface area contributed by atoms with E-state index in [2.05, 4.69) is 10.4 Å². The van der Waals surface area contributed by atoms with E-state index in [1.54, 1.807) is 32.2 Å². The lowest BCUT2D eigenvalue weighted by Crippen LogP contribution is -2.34. The monoisotopic (exact) mass is 301 g/mol. The minimum atomic E-state index is -1.10. The molecule has 1 unspecified atom stereocenters. The van der Waals surface area contributed by atoms with Gasteiger partial charge in [-0.1, -0.05) is 18.2 Å². The number of nitrogens with zero attached hydrogens (tertiary/aromatic N) is 2. The number of aryl methyl sites for hydroxylation is 4. The van der Waals surface area contributed by atoms with Crippen LogP contribution in [0.2, 0.25) is 0 Å². The number of hydrogen-bond donors (Lipinski definition) is 2. The molecule has 116 valence electrons. The van der Waals surface area contributed by atoms with E-state index in [4.69, 9.17) is 0 Å². The molecule has 0 spiro atoms. The van der Waals surface area contributed by atoms with Crippen LogP contribution in [0.3, 0.4) is 0 Å². The molecule has 6 heteroatoms. The number of carboxylic acid groups (broad SMARTS) is 1. The highest BCUT2D eigenvalue weighted by atomic mass is 16.4. The van der Waals surface area contributed by atoms with E-state index in [0.29, 0.717) is 17.0 Å². The quantitative estimate of drug-likeness (QED) is 0.903. The molecule has 1 aromatic carbocycles. The molecule has 1 aromatic heterocycles. The number of amides is 1. The summed E-state index contributed by atoms with van der Waals surface area (Å²) in [5.74, 6) is -1.57. The molecule has 2 N–H and O–H groups in total. The summed E-state index contributed by atoms with van der Waals surface area (Å²) in [6, 6.07) is 5.87. The van der Waals surface area contributed by atoms with Crippen LogP contribution in [0.1, 0.15) is 38.9 Å². The second-order valence-corrected chi connectivity index (χ2v) is 5.38. The van der Waals surface area contributed by atoms with Crippen LogP contribution in [-0.4, -0.2) is 26.8 Å². The van der Waals surface area contributed by atoms with Crippen molar-refractivity contribution in [2.24, 2.45) is 7.05 Å². The van der Waals surface area contributed by atoms with Crippen LogP contribution in [-0.2, 0) is 11.8 Å². The number of carboxylic acids is 1. The first-order valence-electron chi connectivity index (χ1n) is 6.91. The summed E-state index contributed by atoms with van der Waals surface area (Å²) in [6.45, 7) is 5.63. The van der Waals surface area contributed by atoms with Crippen molar-refractivity contribution in [2.75, 3.05) is 0 Å². The van der Waals surface area contributed by atoms with Gasteiger partial charge in [-0.3, -0.25) is 9.48 Å². The van der Waals surface area contributed by atoms with Gasteiger partial charge < -0.3 is 10.4 Å². The van der Waals surface area contributed by atoms with Crippen molar-refractivity contribution >= 4 is 11.9 Å². The number of hydrogen-bond acceptors (Lipinski definition) is 3. The third-order valence-electron chi connectivity index (χ3n) is 3.62. The van der Waals surface area contributed by atoms with Gasteiger partial charge >= 0.3 is 5.97 Å². The Morgan fingerprint density at radius 2 is 1.86 bits per heavy atom. The average Bonchev–Trinajstić information content (AvgIpc) is 2.78. The topological polar surface area (TPSA) is 84.2 Å². The standard InChI is InChI=1S/C16H19N3O3/c1-9-5-6-12(7-10(9)2)14(16(21)22)17-15(20)13-8-11(3)18-19(13)4/h5-8,14H,1-4H3,(H,17,20)(H,21,22). The predicted molar refractivity (Wildman–Crippen MR) is 81.7 cm³/mol. The maximum atomic E-state index is 12.3. The van der Waals surface area contributed by atoms with E-state index in [1.165, 1.54) is 4.68 Å². The predicted octanol–water partition coefficient (Wildman–Crippen LogP) is 1.90. The van der Waals surface area contributed by atoms with E-state index < -0.39 is 17.9 Å². The highest BCUT2D eigenvalue weighted by Gasteiger charge is 2.24. The van der Waals surface area contributed by atoms with Gasteiger partial charge in [0.1, 0.15) is 5.69 Å². The fourth-order valence-electron chi connectivity index (χ4n) is 2.26. The molecule has 0 aliphatic rings. The Bertz CT molecular complexity index is 734. The maximum absolute atomic E-state index is 12.3. The number of nitrogens with one attached hydrogen (secondary N) is 1. The summed E-state index contributed by atoms with van der Waals surface area (Å²) in [7, 11) is 1.65. The molecule has 6 nitrogen and oxygen atoms in total. The van der Waals surface area contributed by atoms with Gasteiger partial charge in [-0.25, -0.2) is 4.79 Å². The van der Waals surface area contributed by atoms with Gasteiger partial charge in [0.25, 0.3) is 5.91 Å². The van der Waals surface area contributed by atoms with Crippen molar-refractivity contribution < 1.29 is 14.7 Å². The molecular weight excluding hydrogens is 282 g/mol. The Labute approximate surface area is 128 Å². The molecule has 22 heavy (non-hydrogen) atoms. The molecule has 2 rings (SSSR count). The minimum Gasteiger partial charge on any atom is -0.479 e. The molecule has 2 aromatic rings. The van der Waals surface area contributed by atoms with E-state index in [9.17, 15) is 14.7 Å². The number of aromatic nitrogens is 2. The Morgan fingerprint density at radius 3 is 2.36 bits per heavy atom. The molecule has 1 amide bonds. The molecule has 1 heterocycles. The van der Waals surface area contributed by atoms with Crippen molar-refractivity contribution in [3.05, 3.63) is 52.3 Å². The first kappa shape index (κ1) is 15.8. The Balaban J connectivity index is 2.29. The molecule has 1 atom stereocenters. The van der Waals surface area contributed by atoms with Gasteiger partial charge in [0.15, 0.2) is 6.04 Å². The molecule has 0 saturated heterocycles. The summed E-state index contributed by atoms with van der Waals surface area (Å²) in [4.78, 5) is 23.8. The van der Waals surface area contributed by atoms with Gasteiger partial charge in [-0.2, -0.15) is 5.10 Å². The summed E-state index contributed by atoms with van der Waals surface area (Å²) >= 11 is 0. The van der Waals surface area contributed by atoms with Gasteiger partial charge in [-0.05, 0) is 43.5 Å². The molecule has 0 fully saturated rings. The van der Waals surface area contributed by atoms with Crippen molar-refractivity contribution in [3.63, 3.8) is 0 Å². The zero-order valence-electron chi connectivity index (χ0n) is 13.0. The Kier molecular flexibility index (Phi) is 4.30. The number of rotatable bonds is 4. The highest BCUT2D eigenvalue weighted by Crippen LogP contribution is 2.18. The SMILES string of the molecule is Cc1cc(C(=O)NC(C(=O)O)c2ccc(C)c(C)c2)n(C)n1. The number of carbonyl (C=O) groups is 2. The summed E-state index contributed by atoms with van der Waals surface area (Å²) in [5.41, 5.74) is 3.62. The van der Waals surface area contributed by atoms with Crippen LogP contribution in [0.5, 0.6) is 0 Å². The van der Waals surface area contributed by atoms with Crippen LogP contribution in [0, 0.1) is 20.8 Å². The van der Waals surface area contributed by atoms with Crippen LogP contribution >= 0.6 is 0 Å². The molecule has 0 saturated carbocycles. The number of aliphatic carboxylic acids is 1. The highest BCUT2D eigenvalue weighted by molar-refractivity contribution is 5.95. The maximum Gasteiger partial charge on any atom is 0.330 e. The molecular formula is C16H19N3O3. The van der Waals surface area contributed by atoms with Gasteiger partial charge in [0.05, 0.1) is 5.69 Å². The van der Waals surface area contributed by atoms with Crippen LogP contribution < -0.4 is 5.32 Å². The first-order valence-corrected chi connectivity index (χ1v) is 6.91. The van der Waals surface area contributed by atoms with Crippen LogP contribution in [0.4, 0.5) is 0 Å². The van der Waals surface area contributed by atoms with E-state index in [-0.39, 0.29) is 0 Å². The van der Waals surface area contributed by atoms with Gasteiger partial charge in [0.2, 0.25) is 0 Å². The third-order valence-corrected chi connectivity index (χ3v) is 3.62. The van der Waals surface area contributed by atoms with E-state index in [1.807, 2.05) is 19.9 Å². The van der Waals surface area contributed by atoms with E-state index in [0.717, 1.165) is 11.1 Å². The van der Waals surface area contributed by atoms with Crippen molar-refractivity contribution in [1.29, 1.82) is 0 Å². The second-order valence-electron chi connectivity index (χ2n) is 5.38. The molecule has 0 aliphatic carbocycles. The zero-order valence-corrected chi connectivity index (χ0v) is 13.0. The smallest absolute Gasteiger partial charge is 0.330 e. The van der Waals surface area contributed by atoms with Gasteiger partial charge in [-0.15, -0.1) is 0 Å². The minimum absolute atomic E-state index is 0.326. The molecule has 0 bridgehead atoms. The van der Waals surface area contributed by atoms with Crippen LogP contribution in [0.15, 0.2) is 24.3 Å². The number of benzene rings is 1. The summed E-state index contributed by atoms with van der Waals surface area (Å²) in [5, 5.41) is 16.1. The summed E-state index contributed by atoms with van der Waals surface area (Å²) < 4.78 is 1.43. The fourth-order valence-corrected chi connectivity index (χ4v) is 2.26. The lowest BCUT2D eigenvalue weighted by molar-refractivity contribution is -0.139. The Hall–Kier alpha value is -2.63. The summed E-state index contributed by atoms with van der Waals surface area (Å²) in [6.07, 6.45) is 0. The first-order chi connectivity index (χ1) is 10.3. The van der Waals surface area contributed by atoms with Gasteiger partial charge in [0, 0.05) is 7.05 Å². The van der Waals surface area contributed by atoms with Crippen LogP contribution in [0.25, 0.3) is 0 Å². The zero-order chi connectivity index (χ0) is 16.4. The largest absolute Gasteiger partial charge is 0.479 e. The average molecular weight is 301 g/mol. The van der Waals surface area contributed by atoms with Crippen molar-refractivity contribution in [1.82, 2.24) is 15.1 Å². The van der Waals surface area contributed by atoms with E-state index >= 15 is 0 Å². The Morgan fingerprint density at radius 1 is 1.18 bits per heavy atom. The fraction of sp³-hybridized carbons (Fsp3) is 0.312. The van der Waals surface area contributed by atoms with Crippen molar-refractivity contribution in [2.45, 2.75) is 26.8 Å².